The van der Waals surface area contributed by atoms with Gasteiger partial charge in [-0.25, -0.2) is 9.18 Å². The van der Waals surface area contributed by atoms with Crippen molar-refractivity contribution in [1.82, 2.24) is 10.2 Å². The summed E-state index contributed by atoms with van der Waals surface area (Å²) in [6.07, 6.45) is 0. The van der Waals surface area contributed by atoms with E-state index in [9.17, 15) is 9.18 Å². The normalized spacial score (nSPS) is 10.4. The van der Waals surface area contributed by atoms with Gasteiger partial charge < -0.3 is 21.8 Å². The fraction of sp³-hybridized carbons (Fsp3) is 0.0476. The Hall–Kier alpha value is -3.91. The number of hydrogen-bond donors (Lipinski definition) is 4. The van der Waals surface area contributed by atoms with Crippen molar-refractivity contribution in [3.05, 3.63) is 72.0 Å². The molecule has 0 unspecified atom stereocenters. The third kappa shape index (κ3) is 4.02. The molecule has 0 radical (unpaired) electrons. The first-order chi connectivity index (χ1) is 13.5. The molecule has 7 nitrogen and oxygen atoms in total. The minimum absolute atomic E-state index is 0. The van der Waals surface area contributed by atoms with Crippen LogP contribution in [-0.2, 0) is 0 Å². The molecule has 0 saturated heterocycles. The number of aromatic amines is 1. The monoisotopic (exact) mass is 393 g/mol. The van der Waals surface area contributed by atoms with Crippen LogP contribution in [0.3, 0.4) is 0 Å². The van der Waals surface area contributed by atoms with E-state index in [-0.39, 0.29) is 11.2 Å². The number of aryl methyl sites for hydroxylation is 1. The lowest BCUT2D eigenvalue weighted by Gasteiger charge is -2.10. The quantitative estimate of drug-likeness (QED) is 0.419. The molecule has 0 bridgehead atoms. The Labute approximate surface area is 166 Å². The molecule has 0 aliphatic carbocycles. The first kappa shape index (κ1) is 19.8. The summed E-state index contributed by atoms with van der Waals surface area (Å²) in [5, 5.41) is 13.0. The molecule has 4 rings (SSSR count). The van der Waals surface area contributed by atoms with Gasteiger partial charge in [-0.05, 0) is 53.9 Å². The van der Waals surface area contributed by atoms with Crippen LogP contribution >= 0.6 is 0 Å². The van der Waals surface area contributed by atoms with Gasteiger partial charge in [0.1, 0.15) is 5.82 Å². The second kappa shape index (κ2) is 7.99. The van der Waals surface area contributed by atoms with Gasteiger partial charge in [0.05, 0.1) is 16.6 Å². The highest BCUT2D eigenvalue weighted by molar-refractivity contribution is 6.02. The Morgan fingerprint density at radius 1 is 1.07 bits per heavy atom. The molecule has 0 saturated carbocycles. The van der Waals surface area contributed by atoms with E-state index in [0.717, 1.165) is 27.6 Å². The molecular formula is C21H20FN5O2. The van der Waals surface area contributed by atoms with Crippen molar-refractivity contribution >= 4 is 34.1 Å². The summed E-state index contributed by atoms with van der Waals surface area (Å²) in [5.41, 5.74) is 10.3. The minimum Gasteiger partial charge on any atom is -0.412 e. The van der Waals surface area contributed by atoms with Gasteiger partial charge in [-0.15, -0.1) is 0 Å². The van der Waals surface area contributed by atoms with E-state index in [1.807, 2.05) is 37.3 Å². The summed E-state index contributed by atoms with van der Waals surface area (Å²) in [6.45, 7) is 1.83. The van der Waals surface area contributed by atoms with Crippen LogP contribution in [0.4, 0.5) is 26.4 Å². The van der Waals surface area contributed by atoms with Gasteiger partial charge in [0.2, 0.25) is 0 Å². The standard InChI is InChI=1S/C21H18FN5O.H2O/c1-12-5-10-16(22)18(11-12)25-21(28)24-14-8-6-13(7-9-14)15-3-2-4-17-19(15)20(23)27-26-17;/h2-11H,1H3,(H3,23,26,27)(H2,24,25,28);1H2. The van der Waals surface area contributed by atoms with Gasteiger partial charge in [-0.2, -0.15) is 5.10 Å². The van der Waals surface area contributed by atoms with Gasteiger partial charge in [0.15, 0.2) is 5.82 Å². The summed E-state index contributed by atoms with van der Waals surface area (Å²) in [6, 6.07) is 17.1. The Morgan fingerprint density at radius 2 is 1.83 bits per heavy atom. The Morgan fingerprint density at radius 3 is 2.59 bits per heavy atom. The number of benzene rings is 3. The van der Waals surface area contributed by atoms with Crippen molar-refractivity contribution in [2.75, 3.05) is 16.4 Å². The number of anilines is 3. The number of hydrogen-bond acceptors (Lipinski definition) is 3. The fourth-order valence-corrected chi connectivity index (χ4v) is 3.09. The first-order valence-corrected chi connectivity index (χ1v) is 8.68. The van der Waals surface area contributed by atoms with E-state index in [4.69, 9.17) is 5.73 Å². The topological polar surface area (TPSA) is 127 Å². The zero-order chi connectivity index (χ0) is 19.7. The van der Waals surface area contributed by atoms with Crippen LogP contribution in [0.15, 0.2) is 60.7 Å². The summed E-state index contributed by atoms with van der Waals surface area (Å²) in [7, 11) is 0. The number of carbonyl (C=O) groups excluding carboxylic acids is 1. The number of fused-ring (bicyclic) bond motifs is 1. The zero-order valence-electron chi connectivity index (χ0n) is 15.6. The molecule has 7 N–H and O–H groups in total. The number of nitrogens with zero attached hydrogens (tertiary/aromatic N) is 1. The molecule has 4 aromatic rings. The summed E-state index contributed by atoms with van der Waals surface area (Å²) < 4.78 is 13.8. The van der Waals surface area contributed by atoms with E-state index in [1.54, 1.807) is 24.3 Å². The highest BCUT2D eigenvalue weighted by Gasteiger charge is 2.11. The number of aromatic nitrogens is 2. The number of amides is 2. The van der Waals surface area contributed by atoms with E-state index in [2.05, 4.69) is 20.8 Å². The fourth-order valence-electron chi connectivity index (χ4n) is 3.09. The smallest absolute Gasteiger partial charge is 0.323 e. The van der Waals surface area contributed by atoms with Crippen LogP contribution in [0, 0.1) is 12.7 Å². The van der Waals surface area contributed by atoms with Crippen molar-refractivity contribution in [2.45, 2.75) is 6.92 Å². The molecule has 8 heteroatoms. The van der Waals surface area contributed by atoms with E-state index in [1.165, 1.54) is 6.07 Å². The SMILES string of the molecule is Cc1ccc(F)c(NC(=O)Nc2ccc(-c3cccc4[nH]nc(N)c34)cc2)c1.O. The summed E-state index contributed by atoms with van der Waals surface area (Å²) in [4.78, 5) is 12.2. The lowest BCUT2D eigenvalue weighted by Crippen LogP contribution is -2.20. The van der Waals surface area contributed by atoms with Crippen LogP contribution in [0.5, 0.6) is 0 Å². The molecule has 3 aromatic carbocycles. The van der Waals surface area contributed by atoms with Gasteiger partial charge in [0, 0.05) is 5.69 Å². The van der Waals surface area contributed by atoms with E-state index < -0.39 is 11.8 Å². The van der Waals surface area contributed by atoms with Crippen LogP contribution in [0.25, 0.3) is 22.0 Å². The number of carbonyl (C=O) groups is 1. The molecule has 29 heavy (non-hydrogen) atoms. The second-order valence-corrected chi connectivity index (χ2v) is 6.48. The maximum Gasteiger partial charge on any atom is 0.323 e. The van der Waals surface area contributed by atoms with Gasteiger partial charge >= 0.3 is 6.03 Å². The molecule has 148 valence electrons. The number of rotatable bonds is 3. The van der Waals surface area contributed by atoms with Gasteiger partial charge in [-0.1, -0.05) is 30.3 Å². The predicted molar refractivity (Wildman–Crippen MR) is 113 cm³/mol. The second-order valence-electron chi connectivity index (χ2n) is 6.48. The zero-order valence-corrected chi connectivity index (χ0v) is 15.6. The Balaban J connectivity index is 0.00000240. The van der Waals surface area contributed by atoms with Crippen molar-refractivity contribution in [3.8, 4) is 11.1 Å². The van der Waals surface area contributed by atoms with Crippen LogP contribution < -0.4 is 16.4 Å². The van der Waals surface area contributed by atoms with E-state index >= 15 is 0 Å². The van der Waals surface area contributed by atoms with Gasteiger partial charge in [-0.3, -0.25) is 5.10 Å². The molecule has 1 heterocycles. The maximum absolute atomic E-state index is 13.8. The molecule has 0 spiro atoms. The number of nitrogens with two attached hydrogens (primary N) is 1. The lowest BCUT2D eigenvalue weighted by molar-refractivity contribution is 0.262. The number of nitrogen functional groups attached to an aromatic ring is 1. The number of halogens is 1. The summed E-state index contributed by atoms with van der Waals surface area (Å²) >= 11 is 0. The van der Waals surface area contributed by atoms with Crippen LogP contribution in [-0.4, -0.2) is 21.7 Å². The molecular weight excluding hydrogens is 373 g/mol. The Kier molecular flexibility index (Phi) is 5.47. The van der Waals surface area contributed by atoms with Crippen molar-refractivity contribution in [3.63, 3.8) is 0 Å². The van der Waals surface area contributed by atoms with Crippen molar-refractivity contribution in [2.24, 2.45) is 0 Å². The molecule has 0 aliphatic rings. The molecule has 0 fully saturated rings. The Bertz CT molecular complexity index is 1170. The average molecular weight is 393 g/mol. The van der Waals surface area contributed by atoms with Crippen molar-refractivity contribution < 1.29 is 14.7 Å². The summed E-state index contributed by atoms with van der Waals surface area (Å²) in [5.74, 6) is -0.0470. The molecule has 2 amide bonds. The third-order valence-corrected chi connectivity index (χ3v) is 4.44. The maximum atomic E-state index is 13.8. The molecule has 1 aromatic heterocycles. The minimum atomic E-state index is -0.515. The number of H-pyrrole nitrogens is 1. The van der Waals surface area contributed by atoms with Gasteiger partial charge in [0.25, 0.3) is 0 Å². The third-order valence-electron chi connectivity index (χ3n) is 4.44. The number of urea groups is 1. The van der Waals surface area contributed by atoms with Crippen LogP contribution in [0.2, 0.25) is 0 Å². The van der Waals surface area contributed by atoms with Crippen molar-refractivity contribution in [1.29, 1.82) is 0 Å². The highest BCUT2D eigenvalue weighted by Crippen LogP contribution is 2.31. The largest absolute Gasteiger partial charge is 0.412 e. The predicted octanol–water partition coefficient (Wildman–Crippen LogP) is 4.08. The molecule has 0 atom stereocenters. The highest BCUT2D eigenvalue weighted by atomic mass is 19.1. The number of nitrogens with one attached hydrogen (secondary N) is 3. The molecule has 0 aliphatic heterocycles. The average Bonchev–Trinajstić information content (AvgIpc) is 3.07. The van der Waals surface area contributed by atoms with Crippen LogP contribution in [0.1, 0.15) is 5.56 Å². The lowest BCUT2D eigenvalue weighted by atomic mass is 10.0. The van der Waals surface area contributed by atoms with E-state index in [0.29, 0.717) is 11.5 Å². The first-order valence-electron chi connectivity index (χ1n) is 8.68.